The summed E-state index contributed by atoms with van der Waals surface area (Å²) in [5, 5.41) is 20.4. The molecule has 1 amide bonds. The summed E-state index contributed by atoms with van der Waals surface area (Å²) in [7, 11) is 0. The molecule has 8 nitrogen and oxygen atoms in total. The molecule has 0 bridgehead atoms. The zero-order chi connectivity index (χ0) is 14.9. The van der Waals surface area contributed by atoms with Crippen LogP contribution in [-0.4, -0.2) is 45.0 Å². The number of aliphatic hydroxyl groups is 1. The third-order valence-electron chi connectivity index (χ3n) is 3.54. The van der Waals surface area contributed by atoms with Gasteiger partial charge < -0.3 is 15.0 Å². The highest BCUT2D eigenvalue weighted by molar-refractivity contribution is 5.94. The minimum Gasteiger partial charge on any atom is -0.391 e. The maximum atomic E-state index is 12.2. The summed E-state index contributed by atoms with van der Waals surface area (Å²) in [6.07, 6.45) is 0.928. The van der Waals surface area contributed by atoms with Crippen LogP contribution in [-0.2, 0) is 0 Å². The number of piperidine rings is 1. The van der Waals surface area contributed by atoms with Gasteiger partial charge in [-0.15, -0.1) is 0 Å². The third kappa shape index (κ3) is 2.69. The fourth-order valence-electron chi connectivity index (χ4n) is 2.14. The first-order chi connectivity index (χ1) is 9.40. The van der Waals surface area contributed by atoms with Crippen molar-refractivity contribution in [3.8, 4) is 0 Å². The lowest BCUT2D eigenvalue weighted by atomic mass is 9.95. The van der Waals surface area contributed by atoms with Crippen molar-refractivity contribution in [1.29, 1.82) is 0 Å². The molecular weight excluding hydrogens is 266 g/mol. The van der Waals surface area contributed by atoms with Gasteiger partial charge in [0.2, 0.25) is 0 Å². The highest BCUT2D eigenvalue weighted by atomic mass is 16.6. The van der Waals surface area contributed by atoms with Crippen LogP contribution in [0.3, 0.4) is 0 Å². The van der Waals surface area contributed by atoms with Gasteiger partial charge in [0, 0.05) is 19.2 Å². The number of hydrogen-bond acceptors (Lipinski definition) is 5. The van der Waals surface area contributed by atoms with Crippen LogP contribution in [0.2, 0.25) is 0 Å². The Morgan fingerprint density at radius 1 is 1.60 bits per heavy atom. The Balaban J connectivity index is 2.27. The van der Waals surface area contributed by atoms with E-state index in [2.05, 4.69) is 4.98 Å². The molecule has 1 fully saturated rings. The monoisotopic (exact) mass is 281 g/mol. The van der Waals surface area contributed by atoms with E-state index in [4.69, 9.17) is 0 Å². The molecule has 108 valence electrons. The lowest BCUT2D eigenvalue weighted by molar-refractivity contribution is -0.385. The summed E-state index contributed by atoms with van der Waals surface area (Å²) in [6, 6.07) is 0.964. The van der Waals surface area contributed by atoms with Crippen LogP contribution in [0.25, 0.3) is 0 Å². The Kier molecular flexibility index (Phi) is 3.84. The second-order valence-corrected chi connectivity index (χ2v) is 4.94. The van der Waals surface area contributed by atoms with Crippen molar-refractivity contribution in [2.24, 2.45) is 5.92 Å². The summed E-state index contributed by atoms with van der Waals surface area (Å²) in [5.74, 6) is -0.511. The number of likely N-dealkylation sites (tertiary alicyclic amines) is 1. The number of aromatic nitrogens is 1. The van der Waals surface area contributed by atoms with Gasteiger partial charge in [0.15, 0.2) is 0 Å². The number of nitrogens with one attached hydrogen (secondary N) is 1. The molecule has 0 aliphatic carbocycles. The van der Waals surface area contributed by atoms with E-state index in [-0.39, 0.29) is 23.7 Å². The highest BCUT2D eigenvalue weighted by Gasteiger charge is 2.29. The van der Waals surface area contributed by atoms with Gasteiger partial charge in [-0.2, -0.15) is 0 Å². The van der Waals surface area contributed by atoms with Gasteiger partial charge in [0.25, 0.3) is 17.2 Å². The fourth-order valence-corrected chi connectivity index (χ4v) is 2.14. The van der Waals surface area contributed by atoms with E-state index in [9.17, 15) is 24.8 Å². The molecule has 2 atom stereocenters. The van der Waals surface area contributed by atoms with Gasteiger partial charge in [-0.3, -0.25) is 19.7 Å². The number of β-amino-alcohol motifs (C(OH)–C–C–N with tert-alkyl or cyclic N) is 1. The number of carbonyl (C=O) groups is 1. The molecule has 0 saturated carbocycles. The number of carbonyl (C=O) groups excluding carboxylic acids is 1. The van der Waals surface area contributed by atoms with E-state index in [0.29, 0.717) is 13.0 Å². The molecule has 2 rings (SSSR count). The SMILES string of the molecule is CC1CCN(C(=O)c2cc([N+](=O)[O-])c[nH]c2=O)CC1O. The number of nitrogens with zero attached hydrogens (tertiary/aromatic N) is 2. The number of nitro groups is 1. The van der Waals surface area contributed by atoms with E-state index in [0.717, 1.165) is 12.3 Å². The summed E-state index contributed by atoms with van der Waals surface area (Å²) in [6.45, 7) is 2.42. The van der Waals surface area contributed by atoms with Gasteiger partial charge in [0.1, 0.15) is 5.56 Å². The minimum atomic E-state index is -0.681. The van der Waals surface area contributed by atoms with Crippen LogP contribution in [0.4, 0.5) is 5.69 Å². The van der Waals surface area contributed by atoms with Gasteiger partial charge in [0.05, 0.1) is 17.2 Å². The van der Waals surface area contributed by atoms with Gasteiger partial charge >= 0.3 is 0 Å². The summed E-state index contributed by atoms with van der Waals surface area (Å²) < 4.78 is 0. The quantitative estimate of drug-likeness (QED) is 0.590. The van der Waals surface area contributed by atoms with E-state index in [1.165, 1.54) is 4.90 Å². The fraction of sp³-hybridized carbons (Fsp3) is 0.500. The van der Waals surface area contributed by atoms with Crippen molar-refractivity contribution in [1.82, 2.24) is 9.88 Å². The van der Waals surface area contributed by atoms with Crippen LogP contribution in [0.1, 0.15) is 23.7 Å². The lowest BCUT2D eigenvalue weighted by Gasteiger charge is -2.34. The Labute approximate surface area is 114 Å². The number of hydrogen-bond donors (Lipinski definition) is 2. The zero-order valence-corrected chi connectivity index (χ0v) is 10.9. The molecule has 1 aliphatic heterocycles. The predicted molar refractivity (Wildman–Crippen MR) is 69.4 cm³/mol. The molecule has 2 heterocycles. The topological polar surface area (TPSA) is 117 Å². The Morgan fingerprint density at radius 2 is 2.30 bits per heavy atom. The molecule has 2 unspecified atom stereocenters. The van der Waals surface area contributed by atoms with Crippen molar-refractivity contribution in [3.63, 3.8) is 0 Å². The number of amides is 1. The highest BCUT2D eigenvalue weighted by Crippen LogP contribution is 2.19. The van der Waals surface area contributed by atoms with Gasteiger partial charge in [-0.05, 0) is 12.3 Å². The number of rotatable bonds is 2. The second-order valence-electron chi connectivity index (χ2n) is 4.94. The summed E-state index contributed by atoms with van der Waals surface area (Å²) >= 11 is 0. The molecule has 8 heteroatoms. The minimum absolute atomic E-state index is 0.0856. The molecule has 1 saturated heterocycles. The first kappa shape index (κ1) is 14.2. The van der Waals surface area contributed by atoms with Crippen LogP contribution < -0.4 is 5.56 Å². The van der Waals surface area contributed by atoms with Crippen molar-refractivity contribution in [3.05, 3.63) is 38.3 Å². The number of pyridine rings is 1. The van der Waals surface area contributed by atoms with Gasteiger partial charge in [-0.1, -0.05) is 6.92 Å². The van der Waals surface area contributed by atoms with Crippen molar-refractivity contribution >= 4 is 11.6 Å². The van der Waals surface area contributed by atoms with Crippen molar-refractivity contribution in [2.75, 3.05) is 13.1 Å². The van der Waals surface area contributed by atoms with Crippen LogP contribution in [0.5, 0.6) is 0 Å². The molecule has 1 aromatic heterocycles. The van der Waals surface area contributed by atoms with Crippen LogP contribution in [0, 0.1) is 16.0 Å². The van der Waals surface area contributed by atoms with E-state index < -0.39 is 22.5 Å². The molecule has 0 aromatic carbocycles. The van der Waals surface area contributed by atoms with Gasteiger partial charge in [-0.25, -0.2) is 0 Å². The molecule has 0 radical (unpaired) electrons. The molecule has 1 aliphatic rings. The normalized spacial score (nSPS) is 22.6. The Bertz CT molecular complexity index is 597. The van der Waals surface area contributed by atoms with Crippen LogP contribution >= 0.6 is 0 Å². The van der Waals surface area contributed by atoms with Crippen molar-refractivity contribution in [2.45, 2.75) is 19.4 Å². The largest absolute Gasteiger partial charge is 0.391 e. The van der Waals surface area contributed by atoms with Crippen molar-refractivity contribution < 1.29 is 14.8 Å². The summed E-state index contributed by atoms with van der Waals surface area (Å²) in [5.41, 5.74) is -1.30. The van der Waals surface area contributed by atoms with E-state index in [1.54, 1.807) is 0 Å². The smallest absolute Gasteiger partial charge is 0.286 e. The Hall–Kier alpha value is -2.22. The first-order valence-electron chi connectivity index (χ1n) is 6.24. The number of aliphatic hydroxyl groups excluding tert-OH is 1. The third-order valence-corrected chi connectivity index (χ3v) is 3.54. The maximum absolute atomic E-state index is 12.2. The van der Waals surface area contributed by atoms with Crippen LogP contribution in [0.15, 0.2) is 17.1 Å². The lowest BCUT2D eigenvalue weighted by Crippen LogP contribution is -2.46. The van der Waals surface area contributed by atoms with E-state index in [1.807, 2.05) is 6.92 Å². The molecule has 2 N–H and O–H groups in total. The zero-order valence-electron chi connectivity index (χ0n) is 10.9. The maximum Gasteiger partial charge on any atom is 0.286 e. The number of aromatic amines is 1. The average Bonchev–Trinajstić information content (AvgIpc) is 2.41. The molecular formula is C12H15N3O5. The summed E-state index contributed by atoms with van der Waals surface area (Å²) in [4.78, 5) is 37.4. The molecule has 20 heavy (non-hydrogen) atoms. The second kappa shape index (κ2) is 5.41. The molecule has 0 spiro atoms. The predicted octanol–water partition coefficient (Wildman–Crippen LogP) is 0.126. The first-order valence-corrected chi connectivity index (χ1v) is 6.24. The molecule has 1 aromatic rings. The average molecular weight is 281 g/mol. The Morgan fingerprint density at radius 3 is 2.90 bits per heavy atom. The number of H-pyrrole nitrogens is 1. The van der Waals surface area contributed by atoms with E-state index >= 15 is 0 Å². The standard InChI is InChI=1S/C12H15N3O5/c1-7-2-3-14(6-10(7)16)12(18)9-4-8(15(19)20)5-13-11(9)17/h4-5,7,10,16H,2-3,6H2,1H3,(H,13,17).